The van der Waals surface area contributed by atoms with Crippen LogP contribution in [-0.4, -0.2) is 27.3 Å². The summed E-state index contributed by atoms with van der Waals surface area (Å²) >= 11 is 0. The van der Waals surface area contributed by atoms with Crippen LogP contribution in [0.2, 0.25) is 0 Å². The number of carbonyl (C=O) groups excluding carboxylic acids is 1. The zero-order valence-electron chi connectivity index (χ0n) is 15.4. The average molecular weight is 362 g/mol. The Labute approximate surface area is 159 Å². The third kappa shape index (κ3) is 3.50. The Balaban J connectivity index is 2.34. The van der Waals surface area contributed by atoms with Gasteiger partial charge in [-0.3, -0.25) is 4.79 Å². The van der Waals surface area contributed by atoms with Crippen LogP contribution in [-0.2, 0) is 15.1 Å². The first-order valence-corrected chi connectivity index (χ1v) is 8.64. The molecule has 0 aliphatic heterocycles. The highest BCUT2D eigenvalue weighted by Crippen LogP contribution is 2.44. The maximum atomic E-state index is 11.7. The fraction of sp³-hybridized carbons (Fsp3) is 0.174. The maximum Gasteiger partial charge on any atom is 0.188 e. The molecule has 0 saturated carbocycles. The molecule has 0 radical (unpaired) electrons. The number of hydrogen-bond donors (Lipinski definition) is 0. The molecule has 0 unspecified atom stereocenters. The van der Waals surface area contributed by atoms with E-state index in [1.165, 1.54) is 0 Å². The number of rotatable bonds is 8. The standard InChI is InChI=1S/C23H22O4/c1-25-17-27-22-18(16-24)10-9-15-21(22)23(26-2,19-11-5-3-6-12-19)20-13-7-4-8-14-20/h3-16H,17H2,1-2H3. The number of para-hydroxylation sites is 1. The molecular weight excluding hydrogens is 340 g/mol. The van der Waals surface area contributed by atoms with Crippen LogP contribution in [0.5, 0.6) is 5.75 Å². The van der Waals surface area contributed by atoms with Gasteiger partial charge in [-0.25, -0.2) is 0 Å². The van der Waals surface area contributed by atoms with Crippen molar-refractivity contribution in [3.05, 3.63) is 101 Å². The van der Waals surface area contributed by atoms with Crippen molar-refractivity contribution in [3.63, 3.8) is 0 Å². The number of ether oxygens (including phenoxy) is 3. The van der Waals surface area contributed by atoms with Crippen molar-refractivity contribution in [2.45, 2.75) is 5.60 Å². The van der Waals surface area contributed by atoms with Crippen molar-refractivity contribution >= 4 is 6.29 Å². The lowest BCUT2D eigenvalue weighted by atomic mass is 9.79. The third-order valence-corrected chi connectivity index (χ3v) is 4.54. The molecule has 3 aromatic carbocycles. The summed E-state index contributed by atoms with van der Waals surface area (Å²) in [4.78, 5) is 11.7. The SMILES string of the molecule is COCOc1c(C=O)cccc1C(OC)(c1ccccc1)c1ccccc1. The van der Waals surface area contributed by atoms with E-state index in [0.29, 0.717) is 11.3 Å². The monoisotopic (exact) mass is 362 g/mol. The lowest BCUT2D eigenvalue weighted by molar-refractivity contribution is 0.0345. The Morgan fingerprint density at radius 1 is 0.815 bits per heavy atom. The maximum absolute atomic E-state index is 11.7. The van der Waals surface area contributed by atoms with Crippen molar-refractivity contribution in [2.24, 2.45) is 0 Å². The highest BCUT2D eigenvalue weighted by Gasteiger charge is 2.39. The van der Waals surface area contributed by atoms with Crippen molar-refractivity contribution < 1.29 is 19.0 Å². The summed E-state index contributed by atoms with van der Waals surface area (Å²) < 4.78 is 17.1. The molecule has 3 aromatic rings. The summed E-state index contributed by atoms with van der Waals surface area (Å²) in [5.41, 5.74) is 2.11. The zero-order chi connectivity index (χ0) is 19.1. The molecule has 0 aliphatic carbocycles. The van der Waals surface area contributed by atoms with Gasteiger partial charge in [0.05, 0.1) is 5.56 Å². The van der Waals surface area contributed by atoms with Gasteiger partial charge in [-0.15, -0.1) is 0 Å². The van der Waals surface area contributed by atoms with Crippen LogP contribution in [0.1, 0.15) is 27.0 Å². The smallest absolute Gasteiger partial charge is 0.188 e. The van der Waals surface area contributed by atoms with Crippen LogP contribution < -0.4 is 4.74 Å². The number of carbonyl (C=O) groups is 1. The molecule has 0 heterocycles. The molecule has 138 valence electrons. The van der Waals surface area contributed by atoms with Crippen LogP contribution in [0, 0.1) is 0 Å². The van der Waals surface area contributed by atoms with E-state index in [9.17, 15) is 4.79 Å². The Morgan fingerprint density at radius 2 is 1.41 bits per heavy atom. The summed E-state index contributed by atoms with van der Waals surface area (Å²) in [5.74, 6) is 0.448. The first kappa shape index (κ1) is 18.8. The minimum atomic E-state index is -0.940. The molecule has 0 aliphatic rings. The normalized spacial score (nSPS) is 11.2. The van der Waals surface area contributed by atoms with Crippen LogP contribution in [0.25, 0.3) is 0 Å². The predicted octanol–water partition coefficient (Wildman–Crippen LogP) is 4.42. The molecule has 0 atom stereocenters. The van der Waals surface area contributed by atoms with Gasteiger partial charge in [-0.2, -0.15) is 0 Å². The molecule has 3 rings (SSSR count). The van der Waals surface area contributed by atoms with Gasteiger partial charge < -0.3 is 14.2 Å². The first-order valence-electron chi connectivity index (χ1n) is 8.64. The topological polar surface area (TPSA) is 44.8 Å². The number of aldehydes is 1. The molecule has 27 heavy (non-hydrogen) atoms. The van der Waals surface area contributed by atoms with Crippen LogP contribution in [0.4, 0.5) is 0 Å². The minimum absolute atomic E-state index is 0.0290. The van der Waals surface area contributed by atoms with Gasteiger partial charge in [0.1, 0.15) is 11.4 Å². The molecule has 4 heteroatoms. The highest BCUT2D eigenvalue weighted by molar-refractivity contribution is 5.81. The Hall–Kier alpha value is -2.95. The Bertz CT molecular complexity index is 836. The van der Waals surface area contributed by atoms with E-state index in [-0.39, 0.29) is 6.79 Å². The summed E-state index contributed by atoms with van der Waals surface area (Å²) in [6.45, 7) is 0.0290. The molecule has 0 bridgehead atoms. The van der Waals surface area contributed by atoms with Gasteiger partial charge in [0.2, 0.25) is 0 Å². The van der Waals surface area contributed by atoms with Gasteiger partial charge >= 0.3 is 0 Å². The minimum Gasteiger partial charge on any atom is -0.466 e. The van der Waals surface area contributed by atoms with Gasteiger partial charge in [-0.1, -0.05) is 72.8 Å². The quantitative estimate of drug-likeness (QED) is 0.338. The molecular formula is C23H22O4. The molecule has 0 amide bonds. The fourth-order valence-electron chi connectivity index (χ4n) is 3.37. The second-order valence-corrected chi connectivity index (χ2v) is 6.01. The molecule has 0 fully saturated rings. The molecule has 0 N–H and O–H groups in total. The largest absolute Gasteiger partial charge is 0.466 e. The summed E-state index contributed by atoms with van der Waals surface area (Å²) in [6.07, 6.45) is 0.783. The second kappa shape index (κ2) is 8.62. The average Bonchev–Trinajstić information content (AvgIpc) is 2.75. The fourth-order valence-corrected chi connectivity index (χ4v) is 3.37. The third-order valence-electron chi connectivity index (χ3n) is 4.54. The van der Waals surface area contributed by atoms with E-state index in [0.717, 1.165) is 23.0 Å². The van der Waals surface area contributed by atoms with E-state index in [2.05, 4.69) is 0 Å². The van der Waals surface area contributed by atoms with Gasteiger partial charge in [-0.05, 0) is 17.2 Å². The van der Waals surface area contributed by atoms with E-state index >= 15 is 0 Å². The summed E-state index contributed by atoms with van der Waals surface area (Å²) in [6, 6.07) is 25.3. The van der Waals surface area contributed by atoms with Crippen molar-refractivity contribution in [2.75, 3.05) is 21.0 Å². The van der Waals surface area contributed by atoms with Gasteiger partial charge in [0.25, 0.3) is 0 Å². The second-order valence-electron chi connectivity index (χ2n) is 6.01. The highest BCUT2D eigenvalue weighted by atomic mass is 16.7. The van der Waals surface area contributed by atoms with Crippen molar-refractivity contribution in [1.29, 1.82) is 0 Å². The zero-order valence-corrected chi connectivity index (χ0v) is 15.4. The molecule has 0 saturated heterocycles. The number of methoxy groups -OCH3 is 2. The first-order chi connectivity index (χ1) is 13.3. The molecule has 0 spiro atoms. The molecule has 4 nitrogen and oxygen atoms in total. The van der Waals surface area contributed by atoms with Crippen molar-refractivity contribution in [1.82, 2.24) is 0 Å². The van der Waals surface area contributed by atoms with Crippen LogP contribution in [0.15, 0.2) is 78.9 Å². The Morgan fingerprint density at radius 3 is 1.89 bits per heavy atom. The van der Waals surface area contributed by atoms with E-state index < -0.39 is 5.60 Å². The van der Waals surface area contributed by atoms with Gasteiger partial charge in [0, 0.05) is 19.8 Å². The molecule has 0 aromatic heterocycles. The van der Waals surface area contributed by atoms with Crippen LogP contribution >= 0.6 is 0 Å². The van der Waals surface area contributed by atoms with E-state index in [4.69, 9.17) is 14.2 Å². The summed E-state index contributed by atoms with van der Waals surface area (Å²) in [5, 5.41) is 0. The lowest BCUT2D eigenvalue weighted by Crippen LogP contribution is -2.32. The van der Waals surface area contributed by atoms with E-state index in [1.807, 2.05) is 72.8 Å². The van der Waals surface area contributed by atoms with Gasteiger partial charge in [0.15, 0.2) is 13.1 Å². The number of hydrogen-bond acceptors (Lipinski definition) is 4. The van der Waals surface area contributed by atoms with Crippen LogP contribution in [0.3, 0.4) is 0 Å². The summed E-state index contributed by atoms with van der Waals surface area (Å²) in [7, 11) is 3.20. The predicted molar refractivity (Wildman–Crippen MR) is 104 cm³/mol. The number of benzene rings is 3. The van der Waals surface area contributed by atoms with Crippen molar-refractivity contribution in [3.8, 4) is 5.75 Å². The van der Waals surface area contributed by atoms with E-state index in [1.54, 1.807) is 20.3 Å². The Kier molecular flexibility index (Phi) is 6.01. The lowest BCUT2D eigenvalue weighted by Gasteiger charge is -2.35.